The largest absolute Gasteiger partial charge is 0.394 e. The zero-order valence-corrected chi connectivity index (χ0v) is 51.9. The number of aliphatic hydroxyl groups is 11. The highest BCUT2D eigenvalue weighted by Gasteiger charge is 2.53. The van der Waals surface area contributed by atoms with Crippen molar-refractivity contribution in [2.45, 2.75) is 272 Å². The number of ether oxygens (including phenoxy) is 6. The van der Waals surface area contributed by atoms with Crippen molar-refractivity contribution in [1.82, 2.24) is 5.32 Å². The highest BCUT2D eigenvalue weighted by atomic mass is 16.8. The van der Waals surface area contributed by atoms with Gasteiger partial charge in [0.2, 0.25) is 5.91 Å². The summed E-state index contributed by atoms with van der Waals surface area (Å²) in [5, 5.41) is 120. The van der Waals surface area contributed by atoms with Gasteiger partial charge in [0.15, 0.2) is 18.9 Å². The average Bonchev–Trinajstić information content (AvgIpc) is 2.33. The van der Waals surface area contributed by atoms with Gasteiger partial charge in [0.1, 0.15) is 73.2 Å². The van der Waals surface area contributed by atoms with Crippen LogP contribution in [0.25, 0.3) is 0 Å². The summed E-state index contributed by atoms with van der Waals surface area (Å²) >= 11 is 0. The smallest absolute Gasteiger partial charge is 0.220 e. The summed E-state index contributed by atoms with van der Waals surface area (Å²) in [6.07, 6.45) is 39.4. The Morgan fingerprint density at radius 2 is 0.793 bits per heavy atom. The molecule has 19 heteroatoms. The molecule has 496 valence electrons. The Morgan fingerprint density at radius 1 is 0.425 bits per heavy atom. The first-order valence-electron chi connectivity index (χ1n) is 32.3. The molecule has 0 saturated carbocycles. The molecule has 17 unspecified atom stereocenters. The summed E-state index contributed by atoms with van der Waals surface area (Å²) in [5.41, 5.74) is 0. The van der Waals surface area contributed by atoms with Crippen LogP contribution in [0.5, 0.6) is 0 Å². The van der Waals surface area contributed by atoms with Crippen LogP contribution in [0.2, 0.25) is 0 Å². The van der Waals surface area contributed by atoms with E-state index in [-0.39, 0.29) is 18.9 Å². The van der Waals surface area contributed by atoms with Gasteiger partial charge in [-0.15, -0.1) is 0 Å². The van der Waals surface area contributed by atoms with Crippen molar-refractivity contribution >= 4 is 5.91 Å². The number of unbranched alkanes of at least 4 members (excludes halogenated alkanes) is 10. The number of carbonyl (C=O) groups excluding carboxylic acids is 1. The summed E-state index contributed by atoms with van der Waals surface area (Å²) in [7, 11) is 0. The fourth-order valence-corrected chi connectivity index (χ4v) is 10.0. The molecule has 3 aliphatic rings. The molecule has 0 bridgehead atoms. The molecule has 3 aliphatic heterocycles. The second-order valence-corrected chi connectivity index (χ2v) is 22.5. The number of hydrogen-bond acceptors (Lipinski definition) is 18. The first-order chi connectivity index (χ1) is 42.3. The van der Waals surface area contributed by atoms with E-state index in [1.54, 1.807) is 0 Å². The van der Waals surface area contributed by atoms with Crippen molar-refractivity contribution in [1.29, 1.82) is 0 Å². The van der Waals surface area contributed by atoms with Crippen molar-refractivity contribution in [3.8, 4) is 0 Å². The number of rotatable bonds is 46. The van der Waals surface area contributed by atoms with Gasteiger partial charge in [-0.25, -0.2) is 0 Å². The van der Waals surface area contributed by atoms with Crippen LogP contribution in [0.15, 0.2) is 122 Å². The highest BCUT2D eigenvalue weighted by molar-refractivity contribution is 5.76. The third kappa shape index (κ3) is 31.7. The Labute approximate surface area is 518 Å². The lowest BCUT2D eigenvalue weighted by atomic mass is 9.96. The van der Waals surface area contributed by atoms with Gasteiger partial charge in [0.05, 0.1) is 38.6 Å². The van der Waals surface area contributed by atoms with E-state index in [0.717, 1.165) is 128 Å². The van der Waals surface area contributed by atoms with Gasteiger partial charge in [0, 0.05) is 6.42 Å². The Kier molecular flexibility index (Phi) is 43.6. The first-order valence-corrected chi connectivity index (χ1v) is 32.3. The number of allylic oxidation sites excluding steroid dienone is 20. The minimum atomic E-state index is -1.98. The van der Waals surface area contributed by atoms with E-state index < -0.39 is 124 Å². The number of aliphatic hydroxyl groups excluding tert-OH is 11. The van der Waals surface area contributed by atoms with Gasteiger partial charge < -0.3 is 89.9 Å². The minimum absolute atomic E-state index is 0.239. The van der Waals surface area contributed by atoms with Crippen LogP contribution >= 0.6 is 0 Å². The highest BCUT2D eigenvalue weighted by Crippen LogP contribution is 2.33. The Balaban J connectivity index is 1.30. The molecule has 0 aliphatic carbocycles. The van der Waals surface area contributed by atoms with Crippen LogP contribution in [-0.4, -0.2) is 193 Å². The van der Waals surface area contributed by atoms with Crippen LogP contribution in [-0.2, 0) is 33.2 Å². The average molecular weight is 1230 g/mol. The fourth-order valence-electron chi connectivity index (χ4n) is 10.0. The molecule has 3 rings (SSSR count). The zero-order chi connectivity index (χ0) is 63.3. The van der Waals surface area contributed by atoms with Gasteiger partial charge in [-0.1, -0.05) is 193 Å². The molecule has 0 spiro atoms. The van der Waals surface area contributed by atoms with E-state index in [4.69, 9.17) is 28.4 Å². The second-order valence-electron chi connectivity index (χ2n) is 22.5. The SMILES string of the molecule is CC/C=C\C/C=C\C/C=C\C/C=C\C/C=C\C/C=C\C/C=C\C/C=C\C/C=C\C/C=C\CCCCCCCCC(=O)NC(COC1OC(CO)C(OC2OC(CO)C(OC3OC(CO)C(O)C(O)C3O)C(O)C2O)C(O)C1O)C(O)CCCCCCC. The number of carbonyl (C=O) groups is 1. The summed E-state index contributed by atoms with van der Waals surface area (Å²) in [5.74, 6) is -0.272. The Hall–Kier alpha value is -3.81. The summed E-state index contributed by atoms with van der Waals surface area (Å²) < 4.78 is 34.1. The topological polar surface area (TPSA) is 307 Å². The van der Waals surface area contributed by atoms with Crippen LogP contribution in [0, 0.1) is 0 Å². The van der Waals surface area contributed by atoms with E-state index >= 15 is 0 Å². The van der Waals surface area contributed by atoms with Gasteiger partial charge in [-0.2, -0.15) is 0 Å². The lowest BCUT2D eigenvalue weighted by Crippen LogP contribution is -2.66. The molecule has 0 radical (unpaired) electrons. The lowest BCUT2D eigenvalue weighted by Gasteiger charge is -2.48. The maximum Gasteiger partial charge on any atom is 0.220 e. The normalized spacial score (nSPS) is 29.4. The van der Waals surface area contributed by atoms with Crippen molar-refractivity contribution in [2.75, 3.05) is 26.4 Å². The van der Waals surface area contributed by atoms with E-state index in [0.29, 0.717) is 19.3 Å². The second kappa shape index (κ2) is 49.0. The van der Waals surface area contributed by atoms with Crippen molar-refractivity contribution < 1.29 is 89.4 Å². The standard InChI is InChI=1S/C68H111NO18/c1-3-5-7-9-10-11-12-13-14-15-16-17-18-19-20-21-22-23-24-25-26-27-28-29-30-31-32-33-34-35-36-37-38-39-40-42-44-46-56(74)69-51(52(73)45-43-41-8-6-4-2)50-82-66-62(80)59(77)64(54(48-71)84-66)87-68-63(81)60(78)65(55(49-72)85-68)86-67-61(79)58(76)57(75)53(47-70)83-67/h5,7,10-11,13-14,16-17,19-20,22-23,25-26,28-29,31-32,34-35,51-55,57-68,70-73,75-81H,3-4,6,8-9,12,15,18,21,24,27,30,33,36-50H2,1-2H3,(H,69,74)/b7-5-,11-10-,14-13-,17-16-,20-19-,23-22-,26-25-,29-28-,32-31-,35-34-. The number of amides is 1. The van der Waals surface area contributed by atoms with Gasteiger partial charge in [-0.05, 0) is 89.9 Å². The summed E-state index contributed by atoms with van der Waals surface area (Å²) in [6, 6.07) is -0.900. The van der Waals surface area contributed by atoms with E-state index in [9.17, 15) is 61.0 Å². The van der Waals surface area contributed by atoms with E-state index in [1.807, 2.05) is 0 Å². The van der Waals surface area contributed by atoms with Gasteiger partial charge >= 0.3 is 0 Å². The van der Waals surface area contributed by atoms with Crippen molar-refractivity contribution in [2.24, 2.45) is 0 Å². The van der Waals surface area contributed by atoms with E-state index in [1.165, 1.54) is 0 Å². The maximum absolute atomic E-state index is 13.2. The Morgan fingerprint density at radius 3 is 1.24 bits per heavy atom. The maximum atomic E-state index is 13.2. The predicted octanol–water partition coefficient (Wildman–Crippen LogP) is 7.26. The van der Waals surface area contributed by atoms with Crippen LogP contribution in [0.3, 0.4) is 0 Å². The molecule has 3 fully saturated rings. The number of nitrogens with one attached hydrogen (secondary N) is 1. The molecular formula is C68H111NO18. The van der Waals surface area contributed by atoms with Crippen LogP contribution < -0.4 is 5.32 Å². The van der Waals surface area contributed by atoms with E-state index in [2.05, 4.69) is 141 Å². The van der Waals surface area contributed by atoms with Crippen LogP contribution in [0.1, 0.15) is 168 Å². The zero-order valence-electron chi connectivity index (χ0n) is 51.9. The number of hydrogen-bond donors (Lipinski definition) is 12. The molecule has 0 aromatic carbocycles. The third-order valence-corrected chi connectivity index (χ3v) is 15.3. The predicted molar refractivity (Wildman–Crippen MR) is 336 cm³/mol. The molecule has 3 saturated heterocycles. The fraction of sp³-hybridized carbons (Fsp3) is 0.691. The summed E-state index contributed by atoms with van der Waals surface area (Å²) in [4.78, 5) is 13.2. The molecule has 0 aromatic heterocycles. The first kappa shape index (κ1) is 77.4. The quantitative estimate of drug-likeness (QED) is 0.0211. The molecule has 12 N–H and O–H groups in total. The molecule has 87 heavy (non-hydrogen) atoms. The van der Waals surface area contributed by atoms with Crippen molar-refractivity contribution in [3.63, 3.8) is 0 Å². The molecule has 19 nitrogen and oxygen atoms in total. The summed E-state index contributed by atoms with van der Waals surface area (Å²) in [6.45, 7) is 1.52. The van der Waals surface area contributed by atoms with Crippen molar-refractivity contribution in [3.05, 3.63) is 122 Å². The van der Waals surface area contributed by atoms with Gasteiger partial charge in [-0.3, -0.25) is 4.79 Å². The third-order valence-electron chi connectivity index (χ3n) is 15.3. The minimum Gasteiger partial charge on any atom is -0.394 e. The molecule has 3 heterocycles. The molecule has 17 atom stereocenters. The Bertz CT molecular complexity index is 2050. The lowest BCUT2D eigenvalue weighted by molar-refractivity contribution is -0.379. The molecule has 0 aromatic rings. The van der Waals surface area contributed by atoms with Crippen LogP contribution in [0.4, 0.5) is 0 Å². The molecule has 1 amide bonds. The molecular weight excluding hydrogens is 1120 g/mol. The monoisotopic (exact) mass is 1230 g/mol. The van der Waals surface area contributed by atoms with Gasteiger partial charge in [0.25, 0.3) is 0 Å².